The van der Waals surface area contributed by atoms with Gasteiger partial charge in [-0.1, -0.05) is 6.92 Å². The van der Waals surface area contributed by atoms with Crippen molar-refractivity contribution in [2.45, 2.75) is 13.3 Å². The minimum Gasteiger partial charge on any atom is -0.462 e. The molecule has 0 unspecified atom stereocenters. The molecule has 0 spiro atoms. The molecule has 0 fully saturated rings. The lowest BCUT2D eigenvalue weighted by Gasteiger charge is -2.01. The van der Waals surface area contributed by atoms with E-state index in [1.807, 2.05) is 6.92 Å². The largest absolute Gasteiger partial charge is 0.462 e. The van der Waals surface area contributed by atoms with Gasteiger partial charge in [-0.2, -0.15) is 0 Å². The van der Waals surface area contributed by atoms with E-state index in [1.165, 1.54) is 6.08 Å². The van der Waals surface area contributed by atoms with E-state index in [1.54, 1.807) is 24.5 Å². The summed E-state index contributed by atoms with van der Waals surface area (Å²) < 4.78 is 4.87. The zero-order valence-corrected chi connectivity index (χ0v) is 8.64. The van der Waals surface area contributed by atoms with Crippen molar-refractivity contribution in [2.75, 3.05) is 6.61 Å². The van der Waals surface area contributed by atoms with Gasteiger partial charge in [-0.3, -0.25) is 4.98 Å². The average Bonchev–Trinajstić information content (AvgIpc) is 2.27. The third-order valence-electron chi connectivity index (χ3n) is 1.74. The van der Waals surface area contributed by atoms with Gasteiger partial charge in [-0.05, 0) is 18.6 Å². The van der Waals surface area contributed by atoms with E-state index in [-0.39, 0.29) is 0 Å². The van der Waals surface area contributed by atoms with Crippen molar-refractivity contribution in [1.82, 2.24) is 4.98 Å². The molecule has 15 heavy (non-hydrogen) atoms. The van der Waals surface area contributed by atoms with Crippen LogP contribution in [-0.4, -0.2) is 17.6 Å². The zero-order valence-electron chi connectivity index (χ0n) is 8.64. The Labute approximate surface area is 88.8 Å². The normalized spacial score (nSPS) is 11.1. The summed E-state index contributed by atoms with van der Waals surface area (Å²) in [6.45, 7) is 2.35. The minimum atomic E-state index is -0.411. The highest BCUT2D eigenvalue weighted by Crippen LogP contribution is 2.06. The van der Waals surface area contributed by atoms with Crippen molar-refractivity contribution in [1.29, 1.82) is 0 Å². The Bertz CT molecular complexity index is 347. The summed E-state index contributed by atoms with van der Waals surface area (Å²) in [5.41, 5.74) is 6.85. The van der Waals surface area contributed by atoms with Crippen molar-refractivity contribution in [3.8, 4) is 0 Å². The topological polar surface area (TPSA) is 65.2 Å². The number of ether oxygens (including phenoxy) is 1. The van der Waals surface area contributed by atoms with E-state index >= 15 is 0 Å². The van der Waals surface area contributed by atoms with Crippen molar-refractivity contribution in [2.24, 2.45) is 5.73 Å². The summed E-state index contributed by atoms with van der Waals surface area (Å²) >= 11 is 0. The molecule has 4 heteroatoms. The molecule has 2 N–H and O–H groups in total. The van der Waals surface area contributed by atoms with Crippen LogP contribution < -0.4 is 5.73 Å². The highest BCUT2D eigenvalue weighted by atomic mass is 16.5. The van der Waals surface area contributed by atoms with Gasteiger partial charge in [0.05, 0.1) is 6.61 Å². The fraction of sp³-hybridized carbons (Fsp3) is 0.273. The highest BCUT2D eigenvalue weighted by molar-refractivity contribution is 5.90. The summed E-state index contributed by atoms with van der Waals surface area (Å²) in [4.78, 5) is 15.0. The maximum Gasteiger partial charge on any atom is 0.332 e. The van der Waals surface area contributed by atoms with Gasteiger partial charge >= 0.3 is 5.97 Å². The molecule has 0 saturated carbocycles. The fourth-order valence-corrected chi connectivity index (χ4v) is 0.999. The van der Waals surface area contributed by atoms with Crippen molar-refractivity contribution < 1.29 is 9.53 Å². The number of nitrogens with two attached hydrogens (primary N) is 1. The van der Waals surface area contributed by atoms with Crippen LogP contribution in [-0.2, 0) is 9.53 Å². The summed E-state index contributed by atoms with van der Waals surface area (Å²) in [5.74, 6) is -0.411. The summed E-state index contributed by atoms with van der Waals surface area (Å²) in [6.07, 6.45) is 5.32. The zero-order chi connectivity index (χ0) is 11.1. The van der Waals surface area contributed by atoms with E-state index in [0.717, 1.165) is 12.0 Å². The third kappa shape index (κ3) is 3.81. The van der Waals surface area contributed by atoms with E-state index in [9.17, 15) is 4.79 Å². The van der Waals surface area contributed by atoms with Crippen molar-refractivity contribution in [3.05, 3.63) is 36.2 Å². The molecule has 0 radical (unpaired) electrons. The lowest BCUT2D eigenvalue weighted by molar-refractivity contribution is -0.137. The molecular formula is C11H14N2O2. The molecule has 0 amide bonds. The quantitative estimate of drug-likeness (QED) is 0.596. The van der Waals surface area contributed by atoms with E-state index in [2.05, 4.69) is 4.98 Å². The molecule has 4 nitrogen and oxygen atoms in total. The molecule has 0 aromatic carbocycles. The Balaban J connectivity index is 2.64. The second-order valence-corrected chi connectivity index (χ2v) is 3.00. The number of pyridine rings is 1. The summed E-state index contributed by atoms with van der Waals surface area (Å²) in [5, 5.41) is 0. The molecule has 0 atom stereocenters. The molecular weight excluding hydrogens is 192 g/mol. The number of hydrogen-bond acceptors (Lipinski definition) is 4. The lowest BCUT2D eigenvalue weighted by Crippen LogP contribution is -2.06. The second-order valence-electron chi connectivity index (χ2n) is 3.00. The number of esters is 1. The fourth-order valence-electron chi connectivity index (χ4n) is 0.999. The van der Waals surface area contributed by atoms with Crippen LogP contribution in [0.3, 0.4) is 0 Å². The first-order valence-electron chi connectivity index (χ1n) is 4.78. The van der Waals surface area contributed by atoms with Crippen LogP contribution in [0.2, 0.25) is 0 Å². The Morgan fingerprint density at radius 2 is 2.20 bits per heavy atom. The average molecular weight is 206 g/mol. The highest BCUT2D eigenvalue weighted by Gasteiger charge is 2.01. The first kappa shape index (κ1) is 11.2. The van der Waals surface area contributed by atoms with Crippen LogP contribution in [0.5, 0.6) is 0 Å². The molecule has 80 valence electrons. The predicted molar refractivity (Wildman–Crippen MR) is 57.7 cm³/mol. The van der Waals surface area contributed by atoms with Crippen LogP contribution in [0.4, 0.5) is 0 Å². The second kappa shape index (κ2) is 5.80. The maximum atomic E-state index is 11.2. The van der Waals surface area contributed by atoms with Crippen LogP contribution in [0.1, 0.15) is 18.9 Å². The summed E-state index contributed by atoms with van der Waals surface area (Å²) in [7, 11) is 0. The van der Waals surface area contributed by atoms with Gasteiger partial charge in [-0.15, -0.1) is 0 Å². The number of carbonyl (C=O) groups is 1. The molecule has 1 aromatic heterocycles. The van der Waals surface area contributed by atoms with Gasteiger partial charge < -0.3 is 10.5 Å². The van der Waals surface area contributed by atoms with Crippen molar-refractivity contribution in [3.63, 3.8) is 0 Å². The van der Waals surface area contributed by atoms with Gasteiger partial charge in [0.25, 0.3) is 0 Å². The first-order chi connectivity index (χ1) is 7.24. The van der Waals surface area contributed by atoms with Gasteiger partial charge in [-0.25, -0.2) is 4.79 Å². The molecule has 0 aliphatic heterocycles. The number of rotatable bonds is 4. The molecule has 1 rings (SSSR count). The van der Waals surface area contributed by atoms with Crippen LogP contribution in [0, 0.1) is 0 Å². The van der Waals surface area contributed by atoms with Crippen LogP contribution >= 0.6 is 0 Å². The van der Waals surface area contributed by atoms with E-state index < -0.39 is 5.97 Å². The van der Waals surface area contributed by atoms with Gasteiger partial charge in [0.2, 0.25) is 0 Å². The molecule has 1 heterocycles. The molecule has 0 aliphatic rings. The Morgan fingerprint density at radius 3 is 2.80 bits per heavy atom. The number of nitrogens with zero attached hydrogens (tertiary/aromatic N) is 1. The standard InChI is InChI=1S/C11H14N2O2/c1-2-7-15-11(14)8-10(12)9-3-5-13-6-4-9/h3-6,8H,2,7,12H2,1H3/b10-8-. The van der Waals surface area contributed by atoms with E-state index in [4.69, 9.17) is 10.5 Å². The van der Waals surface area contributed by atoms with Crippen molar-refractivity contribution >= 4 is 11.7 Å². The van der Waals surface area contributed by atoms with Crippen LogP contribution in [0.25, 0.3) is 5.70 Å². The smallest absolute Gasteiger partial charge is 0.332 e. The number of carbonyl (C=O) groups excluding carboxylic acids is 1. The molecule has 0 saturated heterocycles. The minimum absolute atomic E-state index is 0.388. The summed E-state index contributed by atoms with van der Waals surface area (Å²) in [6, 6.07) is 3.47. The van der Waals surface area contributed by atoms with Gasteiger partial charge in [0.1, 0.15) is 0 Å². The maximum absolute atomic E-state index is 11.2. The van der Waals surface area contributed by atoms with Gasteiger partial charge in [0.15, 0.2) is 0 Å². The van der Waals surface area contributed by atoms with Gasteiger partial charge in [0, 0.05) is 29.7 Å². The third-order valence-corrected chi connectivity index (χ3v) is 1.74. The SMILES string of the molecule is CCCOC(=O)/C=C(\N)c1ccncc1. The Hall–Kier alpha value is -1.84. The number of hydrogen-bond donors (Lipinski definition) is 1. The number of aromatic nitrogens is 1. The van der Waals surface area contributed by atoms with Crippen LogP contribution in [0.15, 0.2) is 30.6 Å². The first-order valence-corrected chi connectivity index (χ1v) is 4.78. The van der Waals surface area contributed by atoms with E-state index in [0.29, 0.717) is 12.3 Å². The predicted octanol–water partition coefficient (Wildman–Crippen LogP) is 1.33. The molecule has 0 aliphatic carbocycles. The Morgan fingerprint density at radius 1 is 1.53 bits per heavy atom. The monoisotopic (exact) mass is 206 g/mol. The Kier molecular flexibility index (Phi) is 4.34. The molecule has 0 bridgehead atoms. The lowest BCUT2D eigenvalue weighted by atomic mass is 10.2. The molecule has 1 aromatic rings.